The van der Waals surface area contributed by atoms with Gasteiger partial charge in [-0.3, -0.25) is 19.3 Å². The number of fused-ring (bicyclic) bond motifs is 2. The molecule has 49 heavy (non-hydrogen) atoms. The maximum absolute atomic E-state index is 14.3. The van der Waals surface area contributed by atoms with E-state index < -0.39 is 19.8 Å². The van der Waals surface area contributed by atoms with Crippen molar-refractivity contribution in [2.24, 2.45) is 5.92 Å². The minimum Gasteiger partial charge on any atom is -0.497 e. The molecule has 0 unspecified atom stereocenters. The second-order valence-electron chi connectivity index (χ2n) is 14.4. The highest BCUT2D eigenvalue weighted by molar-refractivity contribution is 6.91. The van der Waals surface area contributed by atoms with Gasteiger partial charge in [0.05, 0.1) is 51.6 Å². The molecule has 0 saturated carbocycles. The van der Waals surface area contributed by atoms with Crippen LogP contribution in [0.5, 0.6) is 5.75 Å². The van der Waals surface area contributed by atoms with E-state index in [4.69, 9.17) is 9.47 Å². The molecule has 4 aromatic rings. The molecular weight excluding hydrogens is 635 g/mol. The normalized spacial score (nSPS) is 25.8. The van der Waals surface area contributed by atoms with Crippen LogP contribution in [0.15, 0.2) is 78.9 Å². The van der Waals surface area contributed by atoms with Crippen molar-refractivity contribution in [3.8, 4) is 5.75 Å². The summed E-state index contributed by atoms with van der Waals surface area (Å²) in [7, 11) is -0.809. The highest BCUT2D eigenvalue weighted by atomic mass is 28.3. The zero-order chi connectivity index (χ0) is 34.2. The molecule has 3 amide bonds. The van der Waals surface area contributed by atoms with E-state index in [-0.39, 0.29) is 48.3 Å². The molecule has 1 spiro atoms. The highest BCUT2D eigenvalue weighted by Crippen LogP contribution is 2.59. The minimum absolute atomic E-state index is 0.0590. The molecule has 4 aliphatic heterocycles. The van der Waals surface area contributed by atoms with Gasteiger partial charge in [-0.1, -0.05) is 61.6 Å². The van der Waals surface area contributed by atoms with Gasteiger partial charge in [-0.05, 0) is 66.2 Å². The van der Waals surface area contributed by atoms with E-state index >= 15 is 0 Å². The third kappa shape index (κ3) is 4.61. The third-order valence-electron chi connectivity index (χ3n) is 11.7. The molecule has 2 saturated heterocycles. The van der Waals surface area contributed by atoms with E-state index in [1.165, 1.54) is 5.19 Å². The van der Waals surface area contributed by atoms with E-state index in [2.05, 4.69) is 37.5 Å². The van der Waals surface area contributed by atoms with Crippen LogP contribution in [0.25, 0.3) is 10.8 Å². The standard InChI is InChI=1S/C39H41N3O6Si/c1-23-36(49(3,4)28-16-14-27(47-2)15-17-28)33(21-34(44)41-19-7-10-26(41)22-43)48-39(23)30-20-25(13-18-31(30)40-38(39)46)42-32-12-6-9-24-8-5-11-29(35(24)32)37(42)45/h5-6,8-9,11-18,20,23,26,33,36,43H,7,10,19,21-22H2,1-4H3,(H,40,46)/t23-,26-,33+,36-,39+/m0/s1. The van der Waals surface area contributed by atoms with Crippen LogP contribution in [0.2, 0.25) is 18.6 Å². The smallest absolute Gasteiger partial charge is 0.263 e. The van der Waals surface area contributed by atoms with Gasteiger partial charge in [-0.15, -0.1) is 0 Å². The lowest BCUT2D eigenvalue weighted by Crippen LogP contribution is -2.52. The van der Waals surface area contributed by atoms with Crippen molar-refractivity contribution in [1.29, 1.82) is 0 Å². The van der Waals surface area contributed by atoms with Gasteiger partial charge in [0.15, 0.2) is 5.60 Å². The van der Waals surface area contributed by atoms with Crippen molar-refractivity contribution in [2.75, 3.05) is 30.5 Å². The maximum Gasteiger partial charge on any atom is 0.263 e. The first kappa shape index (κ1) is 31.7. The van der Waals surface area contributed by atoms with Gasteiger partial charge >= 0.3 is 0 Å². The summed E-state index contributed by atoms with van der Waals surface area (Å²) in [5.41, 5.74) is 1.97. The Morgan fingerprint density at radius 3 is 2.55 bits per heavy atom. The summed E-state index contributed by atoms with van der Waals surface area (Å²) < 4.78 is 12.5. The molecule has 0 aromatic heterocycles. The van der Waals surface area contributed by atoms with Crippen LogP contribution in [0, 0.1) is 5.92 Å². The van der Waals surface area contributed by atoms with Crippen molar-refractivity contribution in [3.05, 3.63) is 90.0 Å². The van der Waals surface area contributed by atoms with Crippen molar-refractivity contribution < 1.29 is 29.0 Å². The maximum atomic E-state index is 14.3. The number of benzene rings is 4. The summed E-state index contributed by atoms with van der Waals surface area (Å²) in [5, 5.41) is 16.2. The van der Waals surface area contributed by atoms with Crippen LogP contribution < -0.4 is 20.1 Å². The zero-order valence-corrected chi connectivity index (χ0v) is 29.2. The second kappa shape index (κ2) is 11.5. The lowest BCUT2D eigenvalue weighted by molar-refractivity contribution is -0.148. The van der Waals surface area contributed by atoms with Crippen LogP contribution in [0.4, 0.5) is 17.1 Å². The van der Waals surface area contributed by atoms with Crippen LogP contribution in [0.1, 0.15) is 42.1 Å². The summed E-state index contributed by atoms with van der Waals surface area (Å²) in [5.74, 6) is 0.0440. The Morgan fingerprint density at radius 1 is 1.06 bits per heavy atom. The Balaban J connectivity index is 1.22. The first-order valence-electron chi connectivity index (χ1n) is 17.1. The van der Waals surface area contributed by atoms with Crippen LogP contribution in [-0.2, 0) is 19.9 Å². The molecular formula is C39H41N3O6Si. The Hall–Kier alpha value is -4.51. The van der Waals surface area contributed by atoms with Gasteiger partial charge in [0.25, 0.3) is 11.8 Å². The number of anilines is 3. The van der Waals surface area contributed by atoms with Gasteiger partial charge in [-0.2, -0.15) is 0 Å². The molecule has 0 bridgehead atoms. The number of nitrogens with one attached hydrogen (secondary N) is 1. The average Bonchev–Trinajstić information content (AvgIpc) is 3.85. The fourth-order valence-corrected chi connectivity index (χ4v) is 13.3. The number of ether oxygens (including phenoxy) is 2. The van der Waals surface area contributed by atoms with Gasteiger partial charge in [0, 0.05) is 34.8 Å². The summed E-state index contributed by atoms with van der Waals surface area (Å²) in [4.78, 5) is 45.7. The number of rotatable bonds is 7. The SMILES string of the molecule is COc1ccc([Si](C)(C)[C@@H]2[C@@H](CC(=O)N3CCC[C@H]3CO)O[C@]3(C(=O)Nc4ccc(N5C(=O)c6cccc7cccc5c67)cc43)[C@H]2C)cc1. The van der Waals surface area contributed by atoms with Crippen molar-refractivity contribution in [2.45, 2.75) is 62.6 Å². The molecule has 0 radical (unpaired) electrons. The topological polar surface area (TPSA) is 108 Å². The number of likely N-dealkylation sites (tertiary alicyclic amines) is 1. The predicted octanol–water partition coefficient (Wildman–Crippen LogP) is 5.68. The minimum atomic E-state index is -2.45. The Kier molecular flexibility index (Phi) is 7.47. The van der Waals surface area contributed by atoms with Crippen molar-refractivity contribution in [1.82, 2.24) is 4.90 Å². The number of hydrogen-bond acceptors (Lipinski definition) is 6. The number of carbonyl (C=O) groups excluding carboxylic acids is 3. The molecule has 10 heteroatoms. The monoisotopic (exact) mass is 675 g/mol. The molecule has 2 N–H and O–H groups in total. The fourth-order valence-electron chi connectivity index (χ4n) is 9.27. The van der Waals surface area contributed by atoms with Crippen LogP contribution in [0.3, 0.4) is 0 Å². The van der Waals surface area contributed by atoms with Crippen LogP contribution >= 0.6 is 0 Å². The average molecular weight is 676 g/mol. The first-order valence-corrected chi connectivity index (χ1v) is 20.2. The number of aliphatic hydroxyl groups excluding tert-OH is 1. The predicted molar refractivity (Wildman–Crippen MR) is 192 cm³/mol. The molecule has 4 heterocycles. The Bertz CT molecular complexity index is 2010. The number of carbonyl (C=O) groups is 3. The highest BCUT2D eigenvalue weighted by Gasteiger charge is 2.65. The largest absolute Gasteiger partial charge is 0.497 e. The van der Waals surface area contributed by atoms with E-state index in [0.717, 1.165) is 35.1 Å². The molecule has 252 valence electrons. The van der Waals surface area contributed by atoms with E-state index in [1.54, 1.807) is 16.9 Å². The second-order valence-corrected chi connectivity index (χ2v) is 19.1. The molecule has 4 aromatic carbocycles. The molecule has 4 aliphatic rings. The van der Waals surface area contributed by atoms with E-state index in [1.807, 2.05) is 66.7 Å². The lowest BCUT2D eigenvalue weighted by atomic mass is 9.82. The van der Waals surface area contributed by atoms with Gasteiger partial charge in [-0.25, -0.2) is 0 Å². The quantitative estimate of drug-likeness (QED) is 0.244. The molecule has 8 rings (SSSR count). The third-order valence-corrected chi connectivity index (χ3v) is 16.0. The summed E-state index contributed by atoms with van der Waals surface area (Å²) >= 11 is 0. The number of aliphatic hydroxyl groups is 1. The molecule has 9 nitrogen and oxygen atoms in total. The lowest BCUT2D eigenvalue weighted by Gasteiger charge is -2.37. The fraction of sp³-hybridized carbons (Fsp3) is 0.359. The first-order chi connectivity index (χ1) is 23.6. The molecule has 0 aliphatic carbocycles. The van der Waals surface area contributed by atoms with E-state index in [9.17, 15) is 19.5 Å². The molecule has 2 fully saturated rings. The van der Waals surface area contributed by atoms with Crippen molar-refractivity contribution in [3.63, 3.8) is 0 Å². The van der Waals surface area contributed by atoms with Crippen molar-refractivity contribution >= 4 is 58.8 Å². The van der Waals surface area contributed by atoms with Crippen LogP contribution in [-0.4, -0.2) is 68.2 Å². The summed E-state index contributed by atoms with van der Waals surface area (Å²) in [6.45, 7) is 7.19. The summed E-state index contributed by atoms with van der Waals surface area (Å²) in [6, 6.07) is 25.3. The summed E-state index contributed by atoms with van der Waals surface area (Å²) in [6.07, 6.45) is 1.20. The Morgan fingerprint density at radius 2 is 1.82 bits per heavy atom. The Labute approximate surface area is 286 Å². The van der Waals surface area contributed by atoms with Gasteiger partial charge < -0.3 is 24.8 Å². The number of hydrogen-bond donors (Lipinski definition) is 2. The van der Waals surface area contributed by atoms with Gasteiger partial charge in [0.2, 0.25) is 5.91 Å². The number of amides is 3. The van der Waals surface area contributed by atoms with E-state index in [0.29, 0.717) is 29.0 Å². The van der Waals surface area contributed by atoms with Gasteiger partial charge in [0.1, 0.15) is 5.75 Å². The zero-order valence-electron chi connectivity index (χ0n) is 28.2. The molecule has 5 atom stereocenters. The number of methoxy groups -OCH3 is 1. The number of nitrogens with zero attached hydrogens (tertiary/aromatic N) is 2.